The molecule has 98 valence electrons. The van der Waals surface area contributed by atoms with Crippen LogP contribution in [0.15, 0.2) is 18.2 Å². The van der Waals surface area contributed by atoms with E-state index in [2.05, 4.69) is 16.8 Å². The summed E-state index contributed by atoms with van der Waals surface area (Å²) in [7, 11) is 2.12. The monoisotopic (exact) mass is 248 g/mol. The van der Waals surface area contributed by atoms with Gasteiger partial charge in [0.05, 0.1) is 11.4 Å². The van der Waals surface area contributed by atoms with E-state index in [1.807, 2.05) is 0 Å². The van der Waals surface area contributed by atoms with Crippen LogP contribution in [0.1, 0.15) is 16.8 Å². The van der Waals surface area contributed by atoms with E-state index in [0.29, 0.717) is 11.3 Å². The van der Waals surface area contributed by atoms with Crippen LogP contribution in [0, 0.1) is 0 Å². The van der Waals surface area contributed by atoms with Gasteiger partial charge in [0.25, 0.3) is 0 Å². The largest absolute Gasteiger partial charge is 0.397 e. The number of nitrogens with two attached hydrogens (primary N) is 2. The number of nitrogen functional groups attached to an aromatic ring is 1. The second-order valence-corrected chi connectivity index (χ2v) is 4.78. The molecule has 0 radical (unpaired) electrons. The SMILES string of the molecule is CN1CCCN(c2cc(C(N)=O)ccc2N)CC1. The zero-order chi connectivity index (χ0) is 13.1. The molecular weight excluding hydrogens is 228 g/mol. The second-order valence-electron chi connectivity index (χ2n) is 4.78. The molecule has 1 saturated heterocycles. The maximum atomic E-state index is 11.2. The Morgan fingerprint density at radius 3 is 2.72 bits per heavy atom. The molecule has 1 fully saturated rings. The molecule has 1 aliphatic heterocycles. The predicted octanol–water partition coefficient (Wildman–Crippen LogP) is 0.510. The first kappa shape index (κ1) is 12.7. The molecule has 1 aromatic rings. The van der Waals surface area contributed by atoms with Crippen LogP contribution in [0.4, 0.5) is 11.4 Å². The Balaban J connectivity index is 2.25. The van der Waals surface area contributed by atoms with E-state index in [0.717, 1.165) is 38.3 Å². The van der Waals surface area contributed by atoms with Crippen LogP contribution in [-0.4, -0.2) is 44.0 Å². The molecule has 0 saturated carbocycles. The molecule has 0 aliphatic carbocycles. The highest BCUT2D eigenvalue weighted by Crippen LogP contribution is 2.25. The van der Waals surface area contributed by atoms with Crippen LogP contribution < -0.4 is 16.4 Å². The molecule has 0 unspecified atom stereocenters. The van der Waals surface area contributed by atoms with Crippen LogP contribution >= 0.6 is 0 Å². The van der Waals surface area contributed by atoms with Crippen LogP contribution in [-0.2, 0) is 0 Å². The van der Waals surface area contributed by atoms with Gasteiger partial charge in [-0.15, -0.1) is 0 Å². The standard InChI is InChI=1S/C13H20N4O/c1-16-5-2-6-17(8-7-16)12-9-10(13(15)18)3-4-11(12)14/h3-4,9H,2,5-8,14H2,1H3,(H2,15,18). The van der Waals surface area contributed by atoms with E-state index in [1.54, 1.807) is 18.2 Å². The third-order valence-electron chi connectivity index (χ3n) is 3.38. The van der Waals surface area contributed by atoms with Gasteiger partial charge >= 0.3 is 0 Å². The Bertz CT molecular complexity index is 447. The summed E-state index contributed by atoms with van der Waals surface area (Å²) in [5.74, 6) is -0.414. The van der Waals surface area contributed by atoms with Gasteiger partial charge in [0.15, 0.2) is 0 Å². The molecule has 5 heteroatoms. The number of likely N-dealkylation sites (N-methyl/N-ethyl adjacent to an activating group) is 1. The molecule has 1 heterocycles. The van der Waals surface area contributed by atoms with Crippen molar-refractivity contribution in [2.75, 3.05) is 43.9 Å². The van der Waals surface area contributed by atoms with Gasteiger partial charge in [-0.3, -0.25) is 4.79 Å². The van der Waals surface area contributed by atoms with Gasteiger partial charge in [-0.05, 0) is 38.2 Å². The minimum Gasteiger partial charge on any atom is -0.397 e. The van der Waals surface area contributed by atoms with Crippen molar-refractivity contribution in [2.45, 2.75) is 6.42 Å². The van der Waals surface area contributed by atoms with E-state index in [-0.39, 0.29) is 0 Å². The van der Waals surface area contributed by atoms with Crippen molar-refractivity contribution in [1.82, 2.24) is 4.90 Å². The lowest BCUT2D eigenvalue weighted by molar-refractivity contribution is 0.100. The number of rotatable bonds is 2. The van der Waals surface area contributed by atoms with Crippen molar-refractivity contribution in [3.8, 4) is 0 Å². The fraction of sp³-hybridized carbons (Fsp3) is 0.462. The molecular formula is C13H20N4O. The summed E-state index contributed by atoms with van der Waals surface area (Å²) in [6.07, 6.45) is 1.09. The Kier molecular flexibility index (Phi) is 3.72. The number of benzene rings is 1. The maximum absolute atomic E-state index is 11.2. The molecule has 1 aliphatic rings. The molecule has 0 bridgehead atoms. The number of carbonyl (C=O) groups excluding carboxylic acids is 1. The number of amides is 1. The molecule has 0 aromatic heterocycles. The third-order valence-corrected chi connectivity index (χ3v) is 3.38. The van der Waals surface area contributed by atoms with Gasteiger partial charge in [-0.25, -0.2) is 0 Å². The molecule has 2 rings (SSSR count). The van der Waals surface area contributed by atoms with E-state index < -0.39 is 5.91 Å². The Labute approximate surface area is 107 Å². The zero-order valence-corrected chi connectivity index (χ0v) is 10.7. The lowest BCUT2D eigenvalue weighted by atomic mass is 10.1. The Hall–Kier alpha value is -1.75. The quantitative estimate of drug-likeness (QED) is 0.748. The third kappa shape index (κ3) is 2.73. The highest BCUT2D eigenvalue weighted by atomic mass is 16.1. The maximum Gasteiger partial charge on any atom is 0.248 e. The molecule has 4 N–H and O–H groups in total. The van der Waals surface area contributed by atoms with Crippen molar-refractivity contribution in [3.63, 3.8) is 0 Å². The van der Waals surface area contributed by atoms with Crippen LogP contribution in [0.5, 0.6) is 0 Å². The fourth-order valence-electron chi connectivity index (χ4n) is 2.26. The fourth-order valence-corrected chi connectivity index (χ4v) is 2.26. The number of hydrogen-bond donors (Lipinski definition) is 2. The minimum atomic E-state index is -0.414. The number of primary amides is 1. The molecule has 1 amide bonds. The Morgan fingerprint density at radius 1 is 1.22 bits per heavy atom. The van der Waals surface area contributed by atoms with Gasteiger partial charge in [0.2, 0.25) is 5.91 Å². The highest BCUT2D eigenvalue weighted by Gasteiger charge is 2.15. The van der Waals surface area contributed by atoms with Crippen LogP contribution in [0.3, 0.4) is 0 Å². The lowest BCUT2D eigenvalue weighted by Gasteiger charge is -2.24. The van der Waals surface area contributed by atoms with Crippen molar-refractivity contribution in [2.24, 2.45) is 5.73 Å². The average Bonchev–Trinajstić information content (AvgIpc) is 2.54. The van der Waals surface area contributed by atoms with E-state index in [9.17, 15) is 4.79 Å². The molecule has 0 spiro atoms. The Morgan fingerprint density at radius 2 is 2.00 bits per heavy atom. The topological polar surface area (TPSA) is 75.6 Å². The van der Waals surface area contributed by atoms with Gasteiger partial charge in [-0.1, -0.05) is 0 Å². The molecule has 5 nitrogen and oxygen atoms in total. The van der Waals surface area contributed by atoms with E-state index in [4.69, 9.17) is 11.5 Å². The first-order valence-electron chi connectivity index (χ1n) is 6.21. The summed E-state index contributed by atoms with van der Waals surface area (Å²) in [5, 5.41) is 0. The van der Waals surface area contributed by atoms with Crippen molar-refractivity contribution >= 4 is 17.3 Å². The van der Waals surface area contributed by atoms with Gasteiger partial charge in [-0.2, -0.15) is 0 Å². The van der Waals surface area contributed by atoms with Gasteiger partial charge < -0.3 is 21.3 Å². The van der Waals surface area contributed by atoms with Crippen molar-refractivity contribution in [1.29, 1.82) is 0 Å². The number of nitrogens with zero attached hydrogens (tertiary/aromatic N) is 2. The van der Waals surface area contributed by atoms with E-state index in [1.165, 1.54) is 0 Å². The number of hydrogen-bond acceptors (Lipinski definition) is 4. The van der Waals surface area contributed by atoms with Gasteiger partial charge in [0, 0.05) is 25.2 Å². The second kappa shape index (κ2) is 5.27. The lowest BCUT2D eigenvalue weighted by Crippen LogP contribution is -2.29. The van der Waals surface area contributed by atoms with Crippen molar-refractivity contribution < 1.29 is 4.79 Å². The van der Waals surface area contributed by atoms with Crippen LogP contribution in [0.2, 0.25) is 0 Å². The number of anilines is 2. The summed E-state index contributed by atoms with van der Waals surface area (Å²) in [5.41, 5.74) is 13.4. The predicted molar refractivity (Wildman–Crippen MR) is 73.7 cm³/mol. The average molecular weight is 248 g/mol. The molecule has 1 aromatic carbocycles. The summed E-state index contributed by atoms with van der Waals surface area (Å²) >= 11 is 0. The molecule has 0 atom stereocenters. The summed E-state index contributed by atoms with van der Waals surface area (Å²) in [6, 6.07) is 5.22. The normalized spacial score (nSPS) is 17.5. The van der Waals surface area contributed by atoms with Gasteiger partial charge in [0.1, 0.15) is 0 Å². The smallest absolute Gasteiger partial charge is 0.248 e. The summed E-state index contributed by atoms with van der Waals surface area (Å²) in [4.78, 5) is 15.7. The first-order valence-corrected chi connectivity index (χ1v) is 6.21. The zero-order valence-electron chi connectivity index (χ0n) is 10.7. The van der Waals surface area contributed by atoms with Crippen LogP contribution in [0.25, 0.3) is 0 Å². The summed E-state index contributed by atoms with van der Waals surface area (Å²) in [6.45, 7) is 3.96. The van der Waals surface area contributed by atoms with Crippen molar-refractivity contribution in [3.05, 3.63) is 23.8 Å². The minimum absolute atomic E-state index is 0.414. The molecule has 18 heavy (non-hydrogen) atoms. The first-order chi connectivity index (χ1) is 8.58. The highest BCUT2D eigenvalue weighted by molar-refractivity contribution is 5.95. The summed E-state index contributed by atoms with van der Waals surface area (Å²) < 4.78 is 0. The van der Waals surface area contributed by atoms with E-state index >= 15 is 0 Å². The number of carbonyl (C=O) groups is 1.